The Kier molecular flexibility index (Phi) is 4.59. The average Bonchev–Trinajstić information content (AvgIpc) is 2.26. The van der Waals surface area contributed by atoms with E-state index in [9.17, 15) is 4.79 Å². The van der Waals surface area contributed by atoms with Crippen LogP contribution in [-0.4, -0.2) is 36.3 Å². The SMILES string of the molecule is CCOC(=O)c1ccc(C#CS(C)(C)C)nc1. The Balaban J connectivity index is 2.81. The van der Waals surface area contributed by atoms with Gasteiger partial charge in [-0.15, -0.1) is 0 Å². The number of esters is 1. The van der Waals surface area contributed by atoms with E-state index in [0.717, 1.165) is 0 Å². The maximum absolute atomic E-state index is 11.4. The molecule has 3 nitrogen and oxygen atoms in total. The molecule has 0 aliphatic rings. The van der Waals surface area contributed by atoms with Gasteiger partial charge in [0.2, 0.25) is 0 Å². The van der Waals surface area contributed by atoms with E-state index in [4.69, 9.17) is 4.74 Å². The number of hydrogen-bond acceptors (Lipinski definition) is 3. The van der Waals surface area contributed by atoms with Crippen LogP contribution in [0.5, 0.6) is 0 Å². The topological polar surface area (TPSA) is 39.2 Å². The van der Waals surface area contributed by atoms with E-state index in [1.807, 2.05) is 0 Å². The van der Waals surface area contributed by atoms with Gasteiger partial charge >= 0.3 is 5.97 Å². The Morgan fingerprint density at radius 1 is 1.41 bits per heavy atom. The van der Waals surface area contributed by atoms with E-state index in [1.54, 1.807) is 19.1 Å². The lowest BCUT2D eigenvalue weighted by atomic mass is 10.2. The number of carbonyl (C=O) groups excluding carboxylic acids is 1. The van der Waals surface area contributed by atoms with Crippen LogP contribution in [0.15, 0.2) is 18.3 Å². The Morgan fingerprint density at radius 2 is 2.12 bits per heavy atom. The van der Waals surface area contributed by atoms with Crippen LogP contribution in [0.3, 0.4) is 0 Å². The van der Waals surface area contributed by atoms with Crippen LogP contribution in [0.4, 0.5) is 0 Å². The first-order chi connectivity index (χ1) is 7.92. The standard InChI is InChI=1S/C13H17NO2S/c1-5-16-13(15)11-6-7-12(14-10-11)8-9-17(2,3)4/h6-7,10H,5H2,1-4H3. The van der Waals surface area contributed by atoms with E-state index in [1.165, 1.54) is 6.20 Å². The third-order valence-corrected chi connectivity index (χ3v) is 2.47. The van der Waals surface area contributed by atoms with E-state index in [-0.39, 0.29) is 5.97 Å². The molecule has 1 heterocycles. The molecule has 0 N–H and O–H groups in total. The van der Waals surface area contributed by atoms with Gasteiger partial charge in [-0.25, -0.2) is 9.78 Å². The van der Waals surface area contributed by atoms with Crippen LogP contribution >= 0.6 is 10.0 Å². The molecule has 0 saturated carbocycles. The van der Waals surface area contributed by atoms with Crippen molar-refractivity contribution in [2.75, 3.05) is 25.4 Å². The molecule has 0 fully saturated rings. The number of nitrogens with zero attached hydrogens (tertiary/aromatic N) is 1. The molecule has 17 heavy (non-hydrogen) atoms. The van der Waals surface area contributed by atoms with E-state index in [0.29, 0.717) is 17.9 Å². The van der Waals surface area contributed by atoms with Crippen molar-refractivity contribution < 1.29 is 9.53 Å². The first-order valence-corrected chi connectivity index (χ1v) is 8.12. The Hall–Kier alpha value is -1.47. The van der Waals surface area contributed by atoms with Crippen LogP contribution in [0, 0.1) is 11.2 Å². The predicted octanol–water partition coefficient (Wildman–Crippen LogP) is 2.26. The molecule has 0 radical (unpaired) electrons. The zero-order valence-electron chi connectivity index (χ0n) is 10.6. The molecular formula is C13H17NO2S. The summed E-state index contributed by atoms with van der Waals surface area (Å²) in [7, 11) is -0.850. The molecule has 0 amide bonds. The molecule has 0 aliphatic heterocycles. The second kappa shape index (κ2) is 5.74. The molecule has 4 heteroatoms. The quantitative estimate of drug-likeness (QED) is 0.598. The average molecular weight is 251 g/mol. The van der Waals surface area contributed by atoms with Crippen molar-refractivity contribution in [2.24, 2.45) is 0 Å². The maximum Gasteiger partial charge on any atom is 0.339 e. The van der Waals surface area contributed by atoms with Gasteiger partial charge in [0, 0.05) is 6.20 Å². The number of rotatable bonds is 2. The lowest BCUT2D eigenvalue weighted by Gasteiger charge is -2.14. The zero-order valence-corrected chi connectivity index (χ0v) is 11.4. The minimum Gasteiger partial charge on any atom is -0.462 e. The summed E-state index contributed by atoms with van der Waals surface area (Å²) in [5, 5.41) is 3.17. The van der Waals surface area contributed by atoms with Crippen LogP contribution in [-0.2, 0) is 4.74 Å². The zero-order chi connectivity index (χ0) is 12.9. The predicted molar refractivity (Wildman–Crippen MR) is 72.4 cm³/mol. The summed E-state index contributed by atoms with van der Waals surface area (Å²) >= 11 is 0. The van der Waals surface area contributed by atoms with Crippen LogP contribution in [0.1, 0.15) is 23.0 Å². The first-order valence-electron chi connectivity index (χ1n) is 5.26. The van der Waals surface area contributed by atoms with E-state index in [2.05, 4.69) is 34.9 Å². The van der Waals surface area contributed by atoms with Gasteiger partial charge in [0.25, 0.3) is 0 Å². The van der Waals surface area contributed by atoms with Gasteiger partial charge in [-0.3, -0.25) is 0 Å². The van der Waals surface area contributed by atoms with Crippen molar-refractivity contribution in [1.29, 1.82) is 0 Å². The highest BCUT2D eigenvalue weighted by molar-refractivity contribution is 8.35. The number of carbonyl (C=O) groups is 1. The van der Waals surface area contributed by atoms with E-state index < -0.39 is 10.0 Å². The normalized spacial score (nSPS) is 11.3. The van der Waals surface area contributed by atoms with Crippen molar-refractivity contribution >= 4 is 16.0 Å². The van der Waals surface area contributed by atoms with Crippen molar-refractivity contribution in [2.45, 2.75) is 6.92 Å². The van der Waals surface area contributed by atoms with Crippen LogP contribution < -0.4 is 0 Å². The van der Waals surface area contributed by atoms with Gasteiger partial charge in [0.15, 0.2) is 0 Å². The van der Waals surface area contributed by atoms with Gasteiger partial charge in [0.1, 0.15) is 5.69 Å². The Morgan fingerprint density at radius 3 is 2.59 bits per heavy atom. The summed E-state index contributed by atoms with van der Waals surface area (Å²) in [6.45, 7) is 2.14. The Bertz CT molecular complexity index is 449. The van der Waals surface area contributed by atoms with Gasteiger partial charge in [-0.05, 0) is 49.0 Å². The fraction of sp³-hybridized carbons (Fsp3) is 0.385. The molecule has 0 unspecified atom stereocenters. The fourth-order valence-electron chi connectivity index (χ4n) is 1.01. The molecule has 0 saturated heterocycles. The smallest absolute Gasteiger partial charge is 0.339 e. The highest BCUT2D eigenvalue weighted by atomic mass is 32.3. The molecule has 1 rings (SSSR count). The lowest BCUT2D eigenvalue weighted by Crippen LogP contribution is -2.05. The molecule has 0 atom stereocenters. The second-order valence-electron chi connectivity index (χ2n) is 4.22. The van der Waals surface area contributed by atoms with E-state index >= 15 is 0 Å². The highest BCUT2D eigenvalue weighted by Crippen LogP contribution is 2.32. The van der Waals surface area contributed by atoms with Gasteiger partial charge in [-0.2, -0.15) is 10.0 Å². The molecule has 0 bridgehead atoms. The molecule has 0 spiro atoms. The minimum atomic E-state index is -0.850. The summed E-state index contributed by atoms with van der Waals surface area (Å²) in [4.78, 5) is 15.5. The summed E-state index contributed by atoms with van der Waals surface area (Å²) in [6, 6.07) is 3.43. The number of ether oxygens (including phenoxy) is 1. The molecule has 0 aliphatic carbocycles. The highest BCUT2D eigenvalue weighted by Gasteiger charge is 2.05. The number of aromatic nitrogens is 1. The summed E-state index contributed by atoms with van der Waals surface area (Å²) < 4.78 is 4.87. The number of hydrogen-bond donors (Lipinski definition) is 0. The number of pyridine rings is 1. The van der Waals surface area contributed by atoms with Crippen LogP contribution in [0.2, 0.25) is 0 Å². The van der Waals surface area contributed by atoms with Crippen molar-refractivity contribution in [3.05, 3.63) is 29.6 Å². The monoisotopic (exact) mass is 251 g/mol. The van der Waals surface area contributed by atoms with Gasteiger partial charge in [0.05, 0.1) is 12.2 Å². The molecular weight excluding hydrogens is 234 g/mol. The molecule has 0 aromatic carbocycles. The maximum atomic E-state index is 11.4. The summed E-state index contributed by atoms with van der Waals surface area (Å²) in [5.74, 6) is 2.66. The first kappa shape index (κ1) is 13.6. The second-order valence-corrected chi connectivity index (χ2v) is 8.10. The Labute approximate surface area is 104 Å². The summed E-state index contributed by atoms with van der Waals surface area (Å²) in [5.41, 5.74) is 1.14. The van der Waals surface area contributed by atoms with Crippen molar-refractivity contribution in [3.63, 3.8) is 0 Å². The fourth-order valence-corrected chi connectivity index (χ4v) is 1.42. The van der Waals surface area contributed by atoms with Gasteiger partial charge in [-0.1, -0.05) is 0 Å². The lowest BCUT2D eigenvalue weighted by molar-refractivity contribution is 0.0526. The third-order valence-electron chi connectivity index (χ3n) is 1.76. The summed E-state index contributed by atoms with van der Waals surface area (Å²) in [6.07, 6.45) is 7.85. The van der Waals surface area contributed by atoms with Gasteiger partial charge < -0.3 is 4.74 Å². The minimum absolute atomic E-state index is 0.346. The molecule has 92 valence electrons. The van der Waals surface area contributed by atoms with Crippen molar-refractivity contribution in [3.8, 4) is 11.2 Å². The third kappa shape index (κ3) is 4.92. The largest absolute Gasteiger partial charge is 0.462 e. The van der Waals surface area contributed by atoms with Crippen molar-refractivity contribution in [1.82, 2.24) is 4.98 Å². The molecule has 1 aromatic heterocycles. The van der Waals surface area contributed by atoms with Crippen LogP contribution in [0.25, 0.3) is 0 Å². The molecule has 1 aromatic rings.